The van der Waals surface area contributed by atoms with E-state index in [2.05, 4.69) is 48.4 Å². The van der Waals surface area contributed by atoms with Crippen molar-refractivity contribution in [1.82, 2.24) is 10.3 Å². The fraction of sp³-hybridized carbons (Fsp3) is 0.267. The number of aromatic nitrogens is 1. The number of rotatable bonds is 5. The zero-order valence-corrected chi connectivity index (χ0v) is 11.6. The highest BCUT2D eigenvalue weighted by atomic mass is 32.2. The molecule has 1 heterocycles. The molecule has 0 aliphatic heterocycles. The first-order valence-corrected chi connectivity index (χ1v) is 7.03. The third-order valence-corrected chi connectivity index (χ3v) is 3.68. The van der Waals surface area contributed by atoms with E-state index in [-0.39, 0.29) is 0 Å². The smallest absolute Gasteiger partial charge is 0.101 e. The van der Waals surface area contributed by atoms with Crippen LogP contribution in [0.1, 0.15) is 25.5 Å². The molecule has 18 heavy (non-hydrogen) atoms. The minimum atomic E-state index is 0.369. The predicted octanol–water partition coefficient (Wildman–Crippen LogP) is 3.90. The highest BCUT2D eigenvalue weighted by Gasteiger charge is 2.05. The lowest BCUT2D eigenvalue weighted by molar-refractivity contribution is 0.596. The number of benzene rings is 1. The van der Waals surface area contributed by atoms with Crippen LogP contribution in [0, 0.1) is 0 Å². The van der Waals surface area contributed by atoms with E-state index in [0.29, 0.717) is 6.04 Å². The summed E-state index contributed by atoms with van der Waals surface area (Å²) in [6.45, 7) is 5.28. The Morgan fingerprint density at radius 2 is 2.00 bits per heavy atom. The molecule has 1 N–H and O–H groups in total. The Labute approximate surface area is 113 Å². The lowest BCUT2D eigenvalue weighted by atomic mass is 10.1. The van der Waals surface area contributed by atoms with Crippen LogP contribution in [-0.2, 0) is 0 Å². The zero-order chi connectivity index (χ0) is 12.8. The van der Waals surface area contributed by atoms with Crippen molar-refractivity contribution < 1.29 is 0 Å². The summed E-state index contributed by atoms with van der Waals surface area (Å²) < 4.78 is 0. The molecule has 94 valence electrons. The quantitative estimate of drug-likeness (QED) is 0.880. The second-order valence-corrected chi connectivity index (χ2v) is 5.22. The van der Waals surface area contributed by atoms with E-state index < -0.39 is 0 Å². The van der Waals surface area contributed by atoms with E-state index in [0.717, 1.165) is 11.6 Å². The van der Waals surface area contributed by atoms with Crippen LogP contribution in [-0.4, -0.2) is 11.5 Å². The third-order valence-electron chi connectivity index (χ3n) is 2.73. The summed E-state index contributed by atoms with van der Waals surface area (Å²) in [6, 6.07) is 14.9. The van der Waals surface area contributed by atoms with Crippen molar-refractivity contribution >= 4 is 11.8 Å². The largest absolute Gasteiger partial charge is 0.310 e. The molecule has 2 aromatic rings. The summed E-state index contributed by atoms with van der Waals surface area (Å²) in [4.78, 5) is 5.63. The van der Waals surface area contributed by atoms with Gasteiger partial charge < -0.3 is 5.32 Å². The molecule has 0 radical (unpaired) electrons. The molecule has 0 saturated carbocycles. The number of nitrogens with zero attached hydrogens (tertiary/aromatic N) is 1. The van der Waals surface area contributed by atoms with Crippen molar-refractivity contribution in [3.8, 4) is 0 Å². The number of nitrogens with one attached hydrogen (secondary N) is 1. The fourth-order valence-corrected chi connectivity index (χ4v) is 2.63. The Balaban J connectivity index is 2.12. The van der Waals surface area contributed by atoms with Gasteiger partial charge in [0.05, 0.1) is 0 Å². The molecule has 0 aliphatic carbocycles. The van der Waals surface area contributed by atoms with Gasteiger partial charge in [-0.2, -0.15) is 0 Å². The monoisotopic (exact) mass is 258 g/mol. The van der Waals surface area contributed by atoms with Gasteiger partial charge in [0.2, 0.25) is 0 Å². The number of pyridine rings is 1. The average molecular weight is 258 g/mol. The van der Waals surface area contributed by atoms with Gasteiger partial charge in [-0.25, -0.2) is 4.98 Å². The Morgan fingerprint density at radius 3 is 2.72 bits per heavy atom. The maximum Gasteiger partial charge on any atom is 0.101 e. The van der Waals surface area contributed by atoms with Crippen LogP contribution in [0.3, 0.4) is 0 Å². The van der Waals surface area contributed by atoms with Crippen LogP contribution in [0.5, 0.6) is 0 Å². The van der Waals surface area contributed by atoms with E-state index in [4.69, 9.17) is 0 Å². The molecular weight excluding hydrogens is 240 g/mol. The Bertz CT molecular complexity index is 485. The summed E-state index contributed by atoms with van der Waals surface area (Å²) in [6.07, 6.45) is 1.88. The molecule has 0 saturated heterocycles. The Morgan fingerprint density at radius 1 is 1.22 bits per heavy atom. The molecule has 0 bridgehead atoms. The van der Waals surface area contributed by atoms with E-state index >= 15 is 0 Å². The van der Waals surface area contributed by atoms with E-state index in [1.165, 1.54) is 10.5 Å². The maximum atomic E-state index is 4.41. The van der Waals surface area contributed by atoms with Crippen LogP contribution < -0.4 is 5.32 Å². The molecule has 1 unspecified atom stereocenters. The van der Waals surface area contributed by atoms with Crippen LogP contribution in [0.25, 0.3) is 0 Å². The molecule has 1 aromatic carbocycles. The van der Waals surface area contributed by atoms with Gasteiger partial charge in [-0.05, 0) is 43.3 Å². The van der Waals surface area contributed by atoms with Gasteiger partial charge in [-0.15, -0.1) is 0 Å². The lowest BCUT2D eigenvalue weighted by Crippen LogP contribution is -2.17. The summed E-state index contributed by atoms with van der Waals surface area (Å²) in [7, 11) is 0. The molecule has 3 heteroatoms. The lowest BCUT2D eigenvalue weighted by Gasteiger charge is -2.13. The number of hydrogen-bond donors (Lipinski definition) is 1. The second-order valence-electron chi connectivity index (χ2n) is 4.12. The van der Waals surface area contributed by atoms with Crippen LogP contribution in [0.4, 0.5) is 0 Å². The van der Waals surface area contributed by atoms with E-state index in [1.54, 1.807) is 11.8 Å². The van der Waals surface area contributed by atoms with E-state index in [9.17, 15) is 0 Å². The molecule has 2 nitrogen and oxygen atoms in total. The normalized spacial score (nSPS) is 12.3. The zero-order valence-electron chi connectivity index (χ0n) is 10.8. The van der Waals surface area contributed by atoms with Gasteiger partial charge in [0.25, 0.3) is 0 Å². The SMILES string of the molecule is CCNC(C)c1ccnc(Sc2ccccc2)c1. The molecule has 1 aromatic heterocycles. The fourth-order valence-electron chi connectivity index (χ4n) is 1.78. The van der Waals surface area contributed by atoms with Crippen LogP contribution >= 0.6 is 11.8 Å². The summed E-state index contributed by atoms with van der Waals surface area (Å²) in [5.41, 5.74) is 1.28. The summed E-state index contributed by atoms with van der Waals surface area (Å²) in [5.74, 6) is 0. The van der Waals surface area contributed by atoms with Crippen LogP contribution in [0.15, 0.2) is 58.6 Å². The average Bonchev–Trinajstić information content (AvgIpc) is 2.40. The highest BCUT2D eigenvalue weighted by molar-refractivity contribution is 7.99. The first-order chi connectivity index (χ1) is 8.79. The molecule has 0 amide bonds. The third kappa shape index (κ3) is 3.59. The van der Waals surface area contributed by atoms with Crippen molar-refractivity contribution in [3.05, 3.63) is 54.2 Å². The first kappa shape index (κ1) is 13.1. The van der Waals surface area contributed by atoms with Crippen molar-refractivity contribution in [2.75, 3.05) is 6.54 Å². The van der Waals surface area contributed by atoms with Gasteiger partial charge in [-0.3, -0.25) is 0 Å². The topological polar surface area (TPSA) is 24.9 Å². The second kappa shape index (κ2) is 6.57. The molecule has 0 aliphatic rings. The predicted molar refractivity (Wildman–Crippen MR) is 76.9 cm³/mol. The molecule has 2 rings (SSSR count). The highest BCUT2D eigenvalue weighted by Crippen LogP contribution is 2.27. The maximum absolute atomic E-state index is 4.41. The van der Waals surface area contributed by atoms with Crippen molar-refractivity contribution in [3.63, 3.8) is 0 Å². The Kier molecular flexibility index (Phi) is 4.79. The summed E-state index contributed by atoms with van der Waals surface area (Å²) in [5, 5.41) is 4.46. The van der Waals surface area contributed by atoms with Crippen molar-refractivity contribution in [2.24, 2.45) is 0 Å². The first-order valence-electron chi connectivity index (χ1n) is 6.22. The van der Waals surface area contributed by atoms with Crippen molar-refractivity contribution in [2.45, 2.75) is 29.8 Å². The van der Waals surface area contributed by atoms with Gasteiger partial charge in [-0.1, -0.05) is 36.9 Å². The Hall–Kier alpha value is -1.32. The van der Waals surface area contributed by atoms with Gasteiger partial charge >= 0.3 is 0 Å². The van der Waals surface area contributed by atoms with Gasteiger partial charge in [0.1, 0.15) is 5.03 Å². The molecule has 1 atom stereocenters. The molecule has 0 fully saturated rings. The molecular formula is C15H18N2S. The van der Waals surface area contributed by atoms with Crippen LogP contribution in [0.2, 0.25) is 0 Å². The number of hydrogen-bond acceptors (Lipinski definition) is 3. The molecule has 0 spiro atoms. The standard InChI is InChI=1S/C15H18N2S/c1-3-16-12(2)13-9-10-17-15(11-13)18-14-7-5-4-6-8-14/h4-12,16H,3H2,1-2H3. The minimum absolute atomic E-state index is 0.369. The summed E-state index contributed by atoms with van der Waals surface area (Å²) >= 11 is 1.70. The van der Waals surface area contributed by atoms with Gasteiger partial charge in [0.15, 0.2) is 0 Å². The van der Waals surface area contributed by atoms with E-state index in [1.807, 2.05) is 24.4 Å². The van der Waals surface area contributed by atoms with Crippen molar-refractivity contribution in [1.29, 1.82) is 0 Å². The minimum Gasteiger partial charge on any atom is -0.310 e. The van der Waals surface area contributed by atoms with Gasteiger partial charge in [0, 0.05) is 17.1 Å².